The summed E-state index contributed by atoms with van der Waals surface area (Å²) in [5.41, 5.74) is 2.42. The Morgan fingerprint density at radius 1 is 1.24 bits per heavy atom. The number of aromatic nitrogens is 4. The molecule has 33 heavy (non-hydrogen) atoms. The fourth-order valence-electron chi connectivity index (χ4n) is 4.18. The Bertz CT molecular complexity index is 1290. The Labute approximate surface area is 191 Å². The van der Waals surface area contributed by atoms with Crippen LogP contribution in [0.25, 0.3) is 21.9 Å². The second kappa shape index (κ2) is 9.03. The van der Waals surface area contributed by atoms with Gasteiger partial charge in [-0.15, -0.1) is 0 Å². The Morgan fingerprint density at radius 2 is 2.09 bits per heavy atom. The van der Waals surface area contributed by atoms with Crippen molar-refractivity contribution in [2.75, 3.05) is 38.3 Å². The predicted octanol–water partition coefficient (Wildman–Crippen LogP) is 2.64. The normalized spacial score (nSPS) is 17.3. The van der Waals surface area contributed by atoms with Gasteiger partial charge in [0.2, 0.25) is 5.91 Å². The lowest BCUT2D eigenvalue weighted by molar-refractivity contribution is -0.122. The zero-order valence-electron chi connectivity index (χ0n) is 18.6. The fourth-order valence-corrected chi connectivity index (χ4v) is 4.18. The van der Waals surface area contributed by atoms with Crippen LogP contribution in [0.2, 0.25) is 0 Å². The number of benzene rings is 2. The maximum Gasteiger partial charge on any atom is 0.227 e. The van der Waals surface area contributed by atoms with Crippen LogP contribution in [-0.2, 0) is 9.53 Å². The number of hydrogen-bond acceptors (Lipinski definition) is 7. The molecule has 2 atom stereocenters. The number of morpholine rings is 1. The molecule has 2 aromatic carbocycles. The molecule has 5 rings (SSSR count). The molecule has 0 radical (unpaired) electrons. The van der Waals surface area contributed by atoms with Crippen molar-refractivity contribution in [3.8, 4) is 5.75 Å². The average molecular weight is 447 g/mol. The molecule has 2 aromatic heterocycles. The quantitative estimate of drug-likeness (QED) is 0.469. The first-order valence-corrected chi connectivity index (χ1v) is 11.0. The number of aromatic amines is 1. The highest BCUT2D eigenvalue weighted by Gasteiger charge is 2.25. The van der Waals surface area contributed by atoms with E-state index in [1.54, 1.807) is 13.4 Å². The van der Waals surface area contributed by atoms with Crippen LogP contribution in [0.15, 0.2) is 49.1 Å². The van der Waals surface area contributed by atoms with Gasteiger partial charge >= 0.3 is 0 Å². The van der Waals surface area contributed by atoms with Crippen molar-refractivity contribution in [3.63, 3.8) is 0 Å². The highest BCUT2D eigenvalue weighted by molar-refractivity contribution is 5.88. The van der Waals surface area contributed by atoms with Gasteiger partial charge in [0.1, 0.15) is 17.6 Å². The maximum absolute atomic E-state index is 12.9. The van der Waals surface area contributed by atoms with Crippen LogP contribution in [0.3, 0.4) is 0 Å². The average Bonchev–Trinajstić information content (AvgIpc) is 3.35. The summed E-state index contributed by atoms with van der Waals surface area (Å²) in [6.45, 7) is 4.25. The molecular weight excluding hydrogens is 420 g/mol. The molecule has 170 valence electrons. The Balaban J connectivity index is 1.22. The molecule has 1 unspecified atom stereocenters. The van der Waals surface area contributed by atoms with Crippen LogP contribution in [0, 0.1) is 0 Å². The standard InChI is InChI=1S/C24H26N6O3/c1-15(16-3-4-18-10-19(32-2)6-5-17(18)9-16)24(31)25-11-20-12-30(7-8-33-20)23-21-22(27-13-26-21)28-14-29-23/h3-6,9-10,13-15,20H,7-8,11-12H2,1-2H3,(H,25,31)(H,26,27,28,29)/t15-,20?/m0/s1. The minimum Gasteiger partial charge on any atom is -0.497 e. The van der Waals surface area contributed by atoms with Gasteiger partial charge in [-0.1, -0.05) is 24.3 Å². The van der Waals surface area contributed by atoms with Crippen molar-refractivity contribution in [1.82, 2.24) is 25.3 Å². The van der Waals surface area contributed by atoms with E-state index in [2.05, 4.69) is 36.2 Å². The van der Waals surface area contributed by atoms with E-state index in [-0.39, 0.29) is 17.9 Å². The number of carbonyl (C=O) groups is 1. The first-order valence-electron chi connectivity index (χ1n) is 11.0. The molecule has 1 saturated heterocycles. The van der Waals surface area contributed by atoms with E-state index in [4.69, 9.17) is 9.47 Å². The van der Waals surface area contributed by atoms with Crippen molar-refractivity contribution in [3.05, 3.63) is 54.6 Å². The summed E-state index contributed by atoms with van der Waals surface area (Å²) in [7, 11) is 1.66. The second-order valence-electron chi connectivity index (χ2n) is 8.18. The first-order chi connectivity index (χ1) is 16.1. The molecule has 4 aromatic rings. The smallest absolute Gasteiger partial charge is 0.227 e. The highest BCUT2D eigenvalue weighted by atomic mass is 16.5. The number of fused-ring (bicyclic) bond motifs is 2. The molecule has 1 fully saturated rings. The highest BCUT2D eigenvalue weighted by Crippen LogP contribution is 2.26. The molecule has 9 heteroatoms. The zero-order chi connectivity index (χ0) is 22.8. The molecule has 0 bridgehead atoms. The number of imidazole rings is 1. The third-order valence-corrected chi connectivity index (χ3v) is 6.11. The van der Waals surface area contributed by atoms with E-state index >= 15 is 0 Å². The molecule has 0 spiro atoms. The van der Waals surface area contributed by atoms with E-state index in [0.717, 1.165) is 33.4 Å². The Hall–Kier alpha value is -3.72. The number of hydrogen-bond donors (Lipinski definition) is 2. The van der Waals surface area contributed by atoms with Crippen LogP contribution in [0.1, 0.15) is 18.4 Å². The number of carbonyl (C=O) groups excluding carboxylic acids is 1. The minimum atomic E-state index is -0.275. The zero-order valence-corrected chi connectivity index (χ0v) is 18.6. The Kier molecular flexibility index (Phi) is 5.78. The molecule has 3 heterocycles. The number of amides is 1. The number of anilines is 1. The lowest BCUT2D eigenvalue weighted by atomic mass is 9.97. The second-order valence-corrected chi connectivity index (χ2v) is 8.18. The summed E-state index contributed by atoms with van der Waals surface area (Å²) in [4.78, 5) is 30.9. The van der Waals surface area contributed by atoms with Crippen molar-refractivity contribution in [1.29, 1.82) is 0 Å². The largest absolute Gasteiger partial charge is 0.497 e. The molecule has 0 saturated carbocycles. The van der Waals surface area contributed by atoms with E-state index in [0.29, 0.717) is 31.9 Å². The van der Waals surface area contributed by atoms with Gasteiger partial charge in [0.05, 0.1) is 32.1 Å². The molecule has 2 N–H and O–H groups in total. The van der Waals surface area contributed by atoms with Crippen molar-refractivity contribution >= 4 is 33.7 Å². The number of nitrogens with zero attached hydrogens (tertiary/aromatic N) is 4. The third-order valence-electron chi connectivity index (χ3n) is 6.11. The summed E-state index contributed by atoms with van der Waals surface area (Å²) in [5, 5.41) is 5.22. The minimum absolute atomic E-state index is 0.0263. The fraction of sp³-hybridized carbons (Fsp3) is 0.333. The summed E-state index contributed by atoms with van der Waals surface area (Å²) in [6, 6.07) is 12.0. The summed E-state index contributed by atoms with van der Waals surface area (Å²) in [6.07, 6.45) is 3.00. The molecule has 0 aliphatic carbocycles. The van der Waals surface area contributed by atoms with Gasteiger partial charge in [-0.2, -0.15) is 0 Å². The third kappa shape index (κ3) is 4.31. The van der Waals surface area contributed by atoms with Crippen molar-refractivity contribution in [2.24, 2.45) is 0 Å². The SMILES string of the molecule is COc1ccc2cc([C@H](C)C(=O)NCC3CN(c4ncnc5nc[nH]c45)CCO3)ccc2c1. The van der Waals surface area contributed by atoms with Gasteiger partial charge in [0, 0.05) is 19.6 Å². The van der Waals surface area contributed by atoms with E-state index < -0.39 is 0 Å². The molecule has 1 aliphatic rings. The van der Waals surface area contributed by atoms with Crippen LogP contribution in [0.5, 0.6) is 5.75 Å². The van der Waals surface area contributed by atoms with Gasteiger partial charge in [0.25, 0.3) is 0 Å². The molecule has 1 amide bonds. The number of rotatable bonds is 6. The summed E-state index contributed by atoms with van der Waals surface area (Å²) >= 11 is 0. The molecule has 9 nitrogen and oxygen atoms in total. The lowest BCUT2D eigenvalue weighted by Gasteiger charge is -2.34. The first kappa shape index (κ1) is 21.1. The predicted molar refractivity (Wildman–Crippen MR) is 126 cm³/mol. The van der Waals surface area contributed by atoms with E-state index in [9.17, 15) is 4.79 Å². The van der Waals surface area contributed by atoms with Crippen LogP contribution in [0.4, 0.5) is 5.82 Å². The van der Waals surface area contributed by atoms with Crippen molar-refractivity contribution < 1.29 is 14.3 Å². The monoisotopic (exact) mass is 446 g/mol. The van der Waals surface area contributed by atoms with Gasteiger partial charge in [0.15, 0.2) is 11.5 Å². The Morgan fingerprint density at radius 3 is 2.97 bits per heavy atom. The summed E-state index contributed by atoms with van der Waals surface area (Å²) < 4.78 is 11.2. The van der Waals surface area contributed by atoms with Crippen LogP contribution < -0.4 is 15.0 Å². The summed E-state index contributed by atoms with van der Waals surface area (Å²) in [5.74, 6) is 1.32. The number of H-pyrrole nitrogens is 1. The number of nitrogens with one attached hydrogen (secondary N) is 2. The topological polar surface area (TPSA) is 105 Å². The number of ether oxygens (including phenoxy) is 2. The van der Waals surface area contributed by atoms with Crippen LogP contribution in [-0.4, -0.2) is 65.3 Å². The molecular formula is C24H26N6O3. The number of methoxy groups -OCH3 is 1. The van der Waals surface area contributed by atoms with E-state index in [1.807, 2.05) is 37.3 Å². The van der Waals surface area contributed by atoms with Crippen LogP contribution >= 0.6 is 0 Å². The van der Waals surface area contributed by atoms with Gasteiger partial charge in [-0.05, 0) is 35.4 Å². The van der Waals surface area contributed by atoms with Gasteiger partial charge in [-0.25, -0.2) is 15.0 Å². The van der Waals surface area contributed by atoms with Crippen molar-refractivity contribution in [2.45, 2.75) is 18.9 Å². The van der Waals surface area contributed by atoms with Gasteiger partial charge in [-0.3, -0.25) is 4.79 Å². The van der Waals surface area contributed by atoms with E-state index in [1.165, 1.54) is 6.33 Å². The van der Waals surface area contributed by atoms with Gasteiger partial charge < -0.3 is 24.7 Å². The molecule has 1 aliphatic heterocycles. The maximum atomic E-state index is 12.9. The lowest BCUT2D eigenvalue weighted by Crippen LogP contribution is -2.48.